The van der Waals surface area contributed by atoms with Gasteiger partial charge in [-0.1, -0.05) is 0 Å². The number of aliphatic carboxylic acids is 1. The van der Waals surface area contributed by atoms with Crippen molar-refractivity contribution in [3.8, 4) is 23.0 Å². The molecule has 0 spiro atoms. The van der Waals surface area contributed by atoms with Gasteiger partial charge in [-0.25, -0.2) is 0 Å². The molecule has 0 fully saturated rings. The van der Waals surface area contributed by atoms with E-state index in [0.717, 1.165) is 18.2 Å². The molecular weight excluding hydrogens is 384 g/mol. The Morgan fingerprint density at radius 3 is 2.10 bits per heavy atom. The fourth-order valence-electron chi connectivity index (χ4n) is 3.46. The molecule has 0 bridgehead atoms. The van der Waals surface area contributed by atoms with Crippen LogP contribution in [-0.2, 0) is 9.59 Å². The Morgan fingerprint density at radius 2 is 1.52 bits per heavy atom. The minimum Gasteiger partial charge on any atom is -0.508 e. The van der Waals surface area contributed by atoms with Crippen LogP contribution in [0.2, 0.25) is 0 Å². The number of rotatable bonds is 5. The summed E-state index contributed by atoms with van der Waals surface area (Å²) < 4.78 is 0. The lowest BCUT2D eigenvalue weighted by atomic mass is 9.79. The first-order chi connectivity index (χ1) is 13.5. The monoisotopic (exact) mass is 400 g/mol. The number of benzene rings is 2. The van der Waals surface area contributed by atoms with Crippen molar-refractivity contribution < 1.29 is 44.7 Å². The summed E-state index contributed by atoms with van der Waals surface area (Å²) in [6.07, 6.45) is -0.398. The lowest BCUT2D eigenvalue weighted by Crippen LogP contribution is -2.23. The van der Waals surface area contributed by atoms with Crippen molar-refractivity contribution in [2.45, 2.75) is 25.7 Å². The Hall–Kier alpha value is -3.88. The van der Waals surface area contributed by atoms with E-state index in [0.29, 0.717) is 0 Å². The molecule has 0 aliphatic heterocycles. The van der Waals surface area contributed by atoms with Crippen molar-refractivity contribution in [1.29, 1.82) is 0 Å². The summed E-state index contributed by atoms with van der Waals surface area (Å²) in [6, 6.07) is 2.67. The molecule has 1 aliphatic rings. The lowest BCUT2D eigenvalue weighted by Gasteiger charge is -2.23. The van der Waals surface area contributed by atoms with Gasteiger partial charge in [0.2, 0.25) is 5.78 Å². The van der Waals surface area contributed by atoms with E-state index in [2.05, 4.69) is 0 Å². The maximum atomic E-state index is 12.9. The minimum atomic E-state index is -1.51. The smallest absolute Gasteiger partial charge is 0.311 e. The molecule has 3 rings (SSSR count). The van der Waals surface area contributed by atoms with Gasteiger partial charge >= 0.3 is 5.97 Å². The second-order valence-electron chi connectivity index (χ2n) is 6.76. The number of aromatic hydroxyl groups is 4. The zero-order valence-electron chi connectivity index (χ0n) is 15.1. The SMILES string of the molecule is CC(=O)CCC(C(=O)O)c1c(O)cc2c(c1O)C(=O)c1c(O)cc(O)cc1C2=O. The molecule has 2 aromatic rings. The molecule has 1 unspecified atom stereocenters. The summed E-state index contributed by atoms with van der Waals surface area (Å²) in [7, 11) is 0. The van der Waals surface area contributed by atoms with Crippen LogP contribution < -0.4 is 0 Å². The molecule has 9 nitrogen and oxygen atoms in total. The van der Waals surface area contributed by atoms with Gasteiger partial charge in [-0.3, -0.25) is 14.4 Å². The molecule has 1 atom stereocenters. The Morgan fingerprint density at radius 1 is 0.897 bits per heavy atom. The minimum absolute atomic E-state index is 0.150. The molecule has 150 valence electrons. The van der Waals surface area contributed by atoms with E-state index in [1.807, 2.05) is 0 Å². The van der Waals surface area contributed by atoms with Crippen molar-refractivity contribution in [2.24, 2.45) is 0 Å². The molecular formula is C20H16O9. The van der Waals surface area contributed by atoms with E-state index in [4.69, 9.17) is 0 Å². The second kappa shape index (κ2) is 6.93. The third kappa shape index (κ3) is 3.16. The molecule has 0 radical (unpaired) electrons. The number of carbonyl (C=O) groups is 4. The highest BCUT2D eigenvalue weighted by Crippen LogP contribution is 2.45. The van der Waals surface area contributed by atoms with Crippen LogP contribution in [0.15, 0.2) is 18.2 Å². The lowest BCUT2D eigenvalue weighted by molar-refractivity contribution is -0.139. The van der Waals surface area contributed by atoms with Gasteiger partial charge in [-0.2, -0.15) is 0 Å². The first-order valence-corrected chi connectivity index (χ1v) is 8.51. The fourth-order valence-corrected chi connectivity index (χ4v) is 3.46. The van der Waals surface area contributed by atoms with Crippen LogP contribution in [-0.4, -0.2) is 48.9 Å². The molecule has 29 heavy (non-hydrogen) atoms. The second-order valence-corrected chi connectivity index (χ2v) is 6.76. The average Bonchev–Trinajstić information content (AvgIpc) is 2.60. The maximum Gasteiger partial charge on any atom is 0.311 e. The van der Waals surface area contributed by atoms with Crippen molar-refractivity contribution in [1.82, 2.24) is 0 Å². The number of phenolic OH excluding ortho intramolecular Hbond substituents is 4. The number of carbonyl (C=O) groups excluding carboxylic acids is 3. The normalized spacial score (nSPS) is 13.6. The van der Waals surface area contributed by atoms with Crippen molar-refractivity contribution in [3.63, 3.8) is 0 Å². The van der Waals surface area contributed by atoms with Gasteiger partial charge in [0.15, 0.2) is 5.78 Å². The van der Waals surface area contributed by atoms with Crippen LogP contribution in [0.3, 0.4) is 0 Å². The largest absolute Gasteiger partial charge is 0.508 e. The van der Waals surface area contributed by atoms with Crippen LogP contribution in [0.25, 0.3) is 0 Å². The quantitative estimate of drug-likeness (QED) is 0.429. The van der Waals surface area contributed by atoms with Gasteiger partial charge < -0.3 is 30.3 Å². The number of hydrogen-bond acceptors (Lipinski definition) is 8. The van der Waals surface area contributed by atoms with E-state index in [1.54, 1.807) is 0 Å². The molecule has 0 heterocycles. The number of ketones is 3. The highest BCUT2D eigenvalue weighted by Gasteiger charge is 2.39. The summed E-state index contributed by atoms with van der Waals surface area (Å²) in [6.45, 7) is 1.25. The van der Waals surface area contributed by atoms with Crippen LogP contribution in [0.1, 0.15) is 63.1 Å². The topological polar surface area (TPSA) is 169 Å². The molecule has 0 saturated heterocycles. The zero-order valence-corrected chi connectivity index (χ0v) is 15.1. The summed E-state index contributed by atoms with van der Waals surface area (Å²) in [4.78, 5) is 48.5. The number of phenols is 4. The Balaban J connectivity index is 2.25. The third-order valence-electron chi connectivity index (χ3n) is 4.80. The zero-order chi connectivity index (χ0) is 21.6. The number of carboxylic acids is 1. The van der Waals surface area contributed by atoms with Crippen molar-refractivity contribution >= 4 is 23.3 Å². The van der Waals surface area contributed by atoms with Gasteiger partial charge in [-0.05, 0) is 25.5 Å². The van der Waals surface area contributed by atoms with Crippen LogP contribution in [0, 0.1) is 0 Å². The summed E-state index contributed by atoms with van der Waals surface area (Å²) >= 11 is 0. The van der Waals surface area contributed by atoms with E-state index in [1.165, 1.54) is 6.92 Å². The highest BCUT2D eigenvalue weighted by atomic mass is 16.4. The molecule has 1 aliphatic carbocycles. The van der Waals surface area contributed by atoms with Crippen LogP contribution in [0.5, 0.6) is 23.0 Å². The van der Waals surface area contributed by atoms with E-state index in [9.17, 15) is 44.7 Å². The molecule has 9 heteroatoms. The maximum absolute atomic E-state index is 12.9. The summed E-state index contributed by atoms with van der Waals surface area (Å²) in [5.41, 5.74) is -2.24. The number of fused-ring (bicyclic) bond motifs is 2. The first-order valence-electron chi connectivity index (χ1n) is 8.51. The van der Waals surface area contributed by atoms with E-state index < -0.39 is 68.7 Å². The molecule has 0 saturated carbocycles. The fraction of sp³-hybridized carbons (Fsp3) is 0.200. The van der Waals surface area contributed by atoms with E-state index in [-0.39, 0.29) is 24.2 Å². The predicted octanol–water partition coefficient (Wildman–Crippen LogP) is 1.82. The van der Waals surface area contributed by atoms with Crippen molar-refractivity contribution in [2.75, 3.05) is 0 Å². The average molecular weight is 400 g/mol. The van der Waals surface area contributed by atoms with Crippen molar-refractivity contribution in [3.05, 3.63) is 46.0 Å². The van der Waals surface area contributed by atoms with Gasteiger partial charge in [0, 0.05) is 23.6 Å². The standard InChI is InChI=1S/C20H16O9/c1-7(21)2-3-9(20(28)29)14-13(24)6-11-16(18(14)26)19(27)15-10(17(11)25)4-8(22)5-12(15)23/h4-6,9,22-24,26H,2-3H2,1H3,(H,28,29). The number of hydrogen-bond donors (Lipinski definition) is 5. The number of carboxylic acid groups (broad SMARTS) is 1. The summed E-state index contributed by atoms with van der Waals surface area (Å²) in [5.74, 6) is -7.89. The van der Waals surface area contributed by atoms with E-state index >= 15 is 0 Å². The van der Waals surface area contributed by atoms with Gasteiger partial charge in [-0.15, -0.1) is 0 Å². The molecule has 5 N–H and O–H groups in total. The highest BCUT2D eigenvalue weighted by molar-refractivity contribution is 6.30. The van der Waals surface area contributed by atoms with Gasteiger partial charge in [0.25, 0.3) is 0 Å². The first kappa shape index (κ1) is 19.9. The van der Waals surface area contributed by atoms with Gasteiger partial charge in [0.1, 0.15) is 28.8 Å². The van der Waals surface area contributed by atoms with Gasteiger partial charge in [0.05, 0.1) is 22.6 Å². The Bertz CT molecular complexity index is 1100. The summed E-state index contributed by atoms with van der Waals surface area (Å²) in [5, 5.41) is 50.1. The molecule has 2 aromatic carbocycles. The van der Waals surface area contributed by atoms with Crippen LogP contribution >= 0.6 is 0 Å². The Kier molecular flexibility index (Phi) is 4.75. The third-order valence-corrected chi connectivity index (χ3v) is 4.80. The Labute approximate surface area is 163 Å². The number of Topliss-reactive ketones (excluding diaryl/α,β-unsaturated/α-hetero) is 1. The predicted molar refractivity (Wildman–Crippen MR) is 96.7 cm³/mol. The van der Waals surface area contributed by atoms with Crippen LogP contribution in [0.4, 0.5) is 0 Å². The molecule has 0 aromatic heterocycles. The molecule has 0 amide bonds.